The second-order valence-electron chi connectivity index (χ2n) is 7.15. The molecule has 0 unspecified atom stereocenters. The number of benzene rings is 1. The number of hydrogen-bond donors (Lipinski definition) is 0. The third-order valence-electron chi connectivity index (χ3n) is 5.63. The van der Waals surface area contributed by atoms with Gasteiger partial charge in [0.15, 0.2) is 0 Å². The molecule has 5 nitrogen and oxygen atoms in total. The Kier molecular flexibility index (Phi) is 6.49. The van der Waals surface area contributed by atoms with Crippen LogP contribution < -0.4 is 0 Å². The Morgan fingerprint density at radius 1 is 1.00 bits per heavy atom. The lowest BCUT2D eigenvalue weighted by Gasteiger charge is -2.41. The van der Waals surface area contributed by atoms with Crippen LogP contribution in [0, 0.1) is 0 Å². The van der Waals surface area contributed by atoms with Crippen molar-refractivity contribution in [1.82, 2.24) is 9.21 Å². The van der Waals surface area contributed by atoms with Crippen molar-refractivity contribution in [3.63, 3.8) is 0 Å². The number of sulfonamides is 1. The normalized spacial score (nSPS) is 22.3. The van der Waals surface area contributed by atoms with E-state index < -0.39 is 10.0 Å². The van der Waals surface area contributed by atoms with Gasteiger partial charge in [-0.15, -0.1) is 0 Å². The van der Waals surface area contributed by atoms with Gasteiger partial charge >= 0.3 is 0 Å². The van der Waals surface area contributed by atoms with Crippen LogP contribution in [0.15, 0.2) is 30.3 Å². The summed E-state index contributed by atoms with van der Waals surface area (Å²) in [5, 5.41) is 0. The van der Waals surface area contributed by atoms with Crippen molar-refractivity contribution in [2.75, 3.05) is 39.0 Å². The number of methoxy groups -OCH3 is 1. The van der Waals surface area contributed by atoms with Crippen LogP contribution in [0.3, 0.4) is 0 Å². The molecule has 140 valence electrons. The van der Waals surface area contributed by atoms with E-state index in [1.54, 1.807) is 11.4 Å². The SMILES string of the molecule is COC1CCN(C2CCN(S(=O)(=O)CCc3ccccc3)CC2)CC1. The molecule has 2 fully saturated rings. The monoisotopic (exact) mass is 366 g/mol. The van der Waals surface area contributed by atoms with Gasteiger partial charge in [-0.2, -0.15) is 0 Å². The van der Waals surface area contributed by atoms with Gasteiger partial charge in [-0.3, -0.25) is 0 Å². The lowest BCUT2D eigenvalue weighted by Crippen LogP contribution is -2.50. The standard InChI is InChI=1S/C19H30N2O3S/c1-24-19-9-12-20(13-10-19)18-7-14-21(15-8-18)25(22,23)16-11-17-5-3-2-4-6-17/h2-6,18-19H,7-16H2,1H3. The molecular formula is C19H30N2O3S. The zero-order valence-corrected chi connectivity index (χ0v) is 16.0. The van der Waals surface area contributed by atoms with E-state index in [1.165, 1.54) is 0 Å². The summed E-state index contributed by atoms with van der Waals surface area (Å²) in [6.45, 7) is 3.46. The third-order valence-corrected chi connectivity index (χ3v) is 7.51. The van der Waals surface area contributed by atoms with Crippen molar-refractivity contribution in [2.24, 2.45) is 0 Å². The number of hydrogen-bond acceptors (Lipinski definition) is 4. The van der Waals surface area contributed by atoms with Gasteiger partial charge < -0.3 is 9.64 Å². The minimum Gasteiger partial charge on any atom is -0.381 e. The first kappa shape index (κ1) is 18.8. The molecule has 0 radical (unpaired) electrons. The fourth-order valence-electron chi connectivity index (χ4n) is 3.98. The van der Waals surface area contributed by atoms with Gasteiger partial charge in [0.05, 0.1) is 11.9 Å². The Morgan fingerprint density at radius 2 is 1.64 bits per heavy atom. The van der Waals surface area contributed by atoms with Gasteiger partial charge in [-0.1, -0.05) is 30.3 Å². The third kappa shape index (κ3) is 5.03. The first-order chi connectivity index (χ1) is 12.1. The highest BCUT2D eigenvalue weighted by Crippen LogP contribution is 2.23. The maximum Gasteiger partial charge on any atom is 0.214 e. The lowest BCUT2D eigenvalue weighted by molar-refractivity contribution is 0.0190. The van der Waals surface area contributed by atoms with Crippen LogP contribution in [0.1, 0.15) is 31.2 Å². The summed E-state index contributed by atoms with van der Waals surface area (Å²) in [5.74, 6) is 0.209. The fraction of sp³-hybridized carbons (Fsp3) is 0.684. The molecule has 0 amide bonds. The Morgan fingerprint density at radius 3 is 2.24 bits per heavy atom. The summed E-state index contributed by atoms with van der Waals surface area (Å²) in [4.78, 5) is 2.53. The topological polar surface area (TPSA) is 49.9 Å². The molecule has 0 aromatic heterocycles. The van der Waals surface area contributed by atoms with E-state index in [1.807, 2.05) is 30.3 Å². The molecule has 2 heterocycles. The van der Waals surface area contributed by atoms with Crippen molar-refractivity contribution in [2.45, 2.75) is 44.2 Å². The van der Waals surface area contributed by atoms with Crippen molar-refractivity contribution in [3.05, 3.63) is 35.9 Å². The average Bonchev–Trinajstić information content (AvgIpc) is 2.67. The first-order valence-corrected chi connectivity index (χ1v) is 11.0. The number of nitrogens with zero attached hydrogens (tertiary/aromatic N) is 2. The Hall–Kier alpha value is -0.950. The molecule has 1 aromatic carbocycles. The quantitative estimate of drug-likeness (QED) is 0.774. The van der Waals surface area contributed by atoms with Crippen LogP contribution in [0.5, 0.6) is 0 Å². The van der Waals surface area contributed by atoms with Gasteiger partial charge in [0, 0.05) is 39.3 Å². The molecule has 0 N–H and O–H groups in total. The van der Waals surface area contributed by atoms with Gasteiger partial charge in [-0.25, -0.2) is 12.7 Å². The Labute approximate surface area is 152 Å². The predicted molar refractivity (Wildman–Crippen MR) is 100 cm³/mol. The second-order valence-corrected chi connectivity index (χ2v) is 9.24. The molecule has 0 spiro atoms. The van der Waals surface area contributed by atoms with Crippen molar-refractivity contribution >= 4 is 10.0 Å². The highest BCUT2D eigenvalue weighted by molar-refractivity contribution is 7.89. The minimum atomic E-state index is -3.15. The molecule has 0 aliphatic carbocycles. The summed E-state index contributed by atoms with van der Waals surface area (Å²) in [6.07, 6.45) is 5.06. The molecule has 0 saturated carbocycles. The first-order valence-electron chi connectivity index (χ1n) is 9.37. The van der Waals surface area contributed by atoms with Gasteiger partial charge in [0.1, 0.15) is 0 Å². The molecule has 2 aliphatic heterocycles. The molecule has 0 bridgehead atoms. The van der Waals surface area contributed by atoms with E-state index >= 15 is 0 Å². The molecule has 2 aliphatic rings. The van der Waals surface area contributed by atoms with Crippen LogP contribution >= 0.6 is 0 Å². The van der Waals surface area contributed by atoms with Crippen LogP contribution in [0.2, 0.25) is 0 Å². The molecule has 6 heteroatoms. The molecule has 1 aromatic rings. The van der Waals surface area contributed by atoms with E-state index in [2.05, 4.69) is 4.90 Å². The maximum absolute atomic E-state index is 12.6. The molecule has 2 saturated heterocycles. The van der Waals surface area contributed by atoms with Crippen LogP contribution in [-0.2, 0) is 21.2 Å². The average molecular weight is 367 g/mol. The minimum absolute atomic E-state index is 0.209. The van der Waals surface area contributed by atoms with Gasteiger partial charge in [0.2, 0.25) is 10.0 Å². The van der Waals surface area contributed by atoms with Gasteiger partial charge in [-0.05, 0) is 37.7 Å². The molecule has 25 heavy (non-hydrogen) atoms. The smallest absolute Gasteiger partial charge is 0.214 e. The largest absolute Gasteiger partial charge is 0.381 e. The molecular weight excluding hydrogens is 336 g/mol. The van der Waals surface area contributed by atoms with Crippen molar-refractivity contribution in [1.29, 1.82) is 0 Å². The van der Waals surface area contributed by atoms with E-state index in [9.17, 15) is 8.42 Å². The van der Waals surface area contributed by atoms with Crippen LogP contribution in [-0.4, -0.2) is 68.8 Å². The van der Waals surface area contributed by atoms with E-state index in [4.69, 9.17) is 4.74 Å². The predicted octanol–water partition coefficient (Wildman–Crippen LogP) is 2.13. The van der Waals surface area contributed by atoms with Crippen LogP contribution in [0.25, 0.3) is 0 Å². The summed E-state index contributed by atoms with van der Waals surface area (Å²) in [6, 6.07) is 10.4. The molecule has 0 atom stereocenters. The van der Waals surface area contributed by atoms with E-state index in [0.29, 0.717) is 31.7 Å². The highest BCUT2D eigenvalue weighted by atomic mass is 32.2. The summed E-state index contributed by atoms with van der Waals surface area (Å²) in [7, 11) is -1.36. The summed E-state index contributed by atoms with van der Waals surface area (Å²) >= 11 is 0. The van der Waals surface area contributed by atoms with E-state index in [-0.39, 0.29) is 5.75 Å². The van der Waals surface area contributed by atoms with E-state index in [0.717, 1.165) is 44.3 Å². The lowest BCUT2D eigenvalue weighted by atomic mass is 10.00. The summed E-state index contributed by atoms with van der Waals surface area (Å²) in [5.41, 5.74) is 1.09. The van der Waals surface area contributed by atoms with Crippen molar-refractivity contribution < 1.29 is 13.2 Å². The number of aryl methyl sites for hydroxylation is 1. The van der Waals surface area contributed by atoms with Crippen LogP contribution in [0.4, 0.5) is 0 Å². The fourth-order valence-corrected chi connectivity index (χ4v) is 5.50. The van der Waals surface area contributed by atoms with Gasteiger partial charge in [0.25, 0.3) is 0 Å². The number of ether oxygens (including phenoxy) is 1. The number of likely N-dealkylation sites (tertiary alicyclic amines) is 1. The number of rotatable bonds is 6. The Bertz CT molecular complexity index is 619. The molecule has 3 rings (SSSR count). The zero-order chi connectivity index (χ0) is 17.7. The zero-order valence-electron chi connectivity index (χ0n) is 15.1. The maximum atomic E-state index is 12.6. The second kappa shape index (κ2) is 8.62. The summed E-state index contributed by atoms with van der Waals surface area (Å²) < 4.78 is 32.4. The number of piperidine rings is 2. The highest BCUT2D eigenvalue weighted by Gasteiger charge is 2.32. The van der Waals surface area contributed by atoms with Crippen molar-refractivity contribution in [3.8, 4) is 0 Å². The Balaban J connectivity index is 1.46.